The van der Waals surface area contributed by atoms with Gasteiger partial charge >= 0.3 is 24.3 Å². The molecule has 0 aliphatic heterocycles. The number of hydrogen-bond acceptors (Lipinski definition) is 5. The van der Waals surface area contributed by atoms with Gasteiger partial charge in [0.1, 0.15) is 22.8 Å². The second-order valence-electron chi connectivity index (χ2n) is 6.19. The summed E-state index contributed by atoms with van der Waals surface area (Å²) in [5.41, 5.74) is -1.49. The molecule has 174 valence electrons. The molecule has 2 aromatic carbocycles. The first-order valence-corrected chi connectivity index (χ1v) is 8.87. The summed E-state index contributed by atoms with van der Waals surface area (Å²) in [7, 11) is 0. The molecule has 13 heteroatoms. The topological polar surface area (TPSA) is 82.1 Å². The zero-order chi connectivity index (χ0) is 24.3. The fraction of sp³-hybridized carbons (Fsp3) is 0.263. The van der Waals surface area contributed by atoms with Crippen molar-refractivity contribution in [3.8, 4) is 17.2 Å². The summed E-state index contributed by atoms with van der Waals surface area (Å²) in [5, 5.41) is 8.85. The first-order chi connectivity index (χ1) is 14.7. The van der Waals surface area contributed by atoms with Gasteiger partial charge in [-0.15, -0.1) is 0 Å². The molecule has 2 aromatic rings. The van der Waals surface area contributed by atoms with Crippen molar-refractivity contribution >= 4 is 23.5 Å². The summed E-state index contributed by atoms with van der Waals surface area (Å²) in [6, 6.07) is 5.39. The quantitative estimate of drug-likeness (QED) is 0.398. The van der Waals surface area contributed by atoms with E-state index in [0.29, 0.717) is 12.1 Å². The van der Waals surface area contributed by atoms with E-state index in [1.54, 1.807) is 0 Å². The molecular weight excluding hydrogens is 474 g/mol. The zero-order valence-corrected chi connectivity index (χ0v) is 16.6. The average molecular weight is 487 g/mol. The van der Waals surface area contributed by atoms with Crippen molar-refractivity contribution in [1.82, 2.24) is 0 Å². The number of ether oxygens (including phenoxy) is 3. The van der Waals surface area contributed by atoms with Gasteiger partial charge in [-0.3, -0.25) is 0 Å². The highest BCUT2D eigenvalue weighted by Gasteiger charge is 2.32. The van der Waals surface area contributed by atoms with Crippen molar-refractivity contribution in [3.05, 3.63) is 52.5 Å². The Bertz CT molecular complexity index is 1000. The number of rotatable bonds is 7. The standard InChI is InChI=1S/C19H13ClF6O6/c1-9(17(29)30-8-18(21,22)23)31-15-7-11(3-4-12(15)16(27)28)32-14-5-2-10(6-13(14)20)19(24,25)26/h2-7,9H,8H2,1H3,(H,27,28). The Morgan fingerprint density at radius 3 is 2.22 bits per heavy atom. The van der Waals surface area contributed by atoms with Crippen molar-refractivity contribution < 1.29 is 55.2 Å². The molecule has 0 saturated heterocycles. The van der Waals surface area contributed by atoms with Crippen LogP contribution in [0.1, 0.15) is 22.8 Å². The molecule has 0 amide bonds. The molecule has 2 rings (SSSR count). The number of carboxylic acids is 1. The van der Waals surface area contributed by atoms with E-state index in [4.69, 9.17) is 21.1 Å². The molecular formula is C19H13ClF6O6. The Kier molecular flexibility index (Phi) is 7.50. The smallest absolute Gasteiger partial charge is 0.422 e. The van der Waals surface area contributed by atoms with Crippen molar-refractivity contribution in [3.63, 3.8) is 0 Å². The lowest BCUT2D eigenvalue weighted by molar-refractivity contribution is -0.190. The Balaban J connectivity index is 2.24. The fourth-order valence-corrected chi connectivity index (χ4v) is 2.46. The second kappa shape index (κ2) is 9.55. The fourth-order valence-electron chi connectivity index (χ4n) is 2.24. The maximum absolute atomic E-state index is 12.7. The molecule has 0 spiro atoms. The van der Waals surface area contributed by atoms with Crippen molar-refractivity contribution in [2.24, 2.45) is 0 Å². The van der Waals surface area contributed by atoms with Crippen LogP contribution in [0.25, 0.3) is 0 Å². The highest BCUT2D eigenvalue weighted by atomic mass is 35.5. The van der Waals surface area contributed by atoms with Gasteiger partial charge in [0.2, 0.25) is 0 Å². The second-order valence-corrected chi connectivity index (χ2v) is 6.60. The lowest BCUT2D eigenvalue weighted by Crippen LogP contribution is -2.30. The first-order valence-electron chi connectivity index (χ1n) is 8.49. The minimum absolute atomic E-state index is 0.137. The monoisotopic (exact) mass is 486 g/mol. The molecule has 0 heterocycles. The van der Waals surface area contributed by atoms with Gasteiger partial charge in [0, 0.05) is 6.07 Å². The van der Waals surface area contributed by atoms with Gasteiger partial charge in [0.15, 0.2) is 12.7 Å². The highest BCUT2D eigenvalue weighted by molar-refractivity contribution is 6.32. The number of carbonyl (C=O) groups is 2. The van der Waals surface area contributed by atoms with Crippen LogP contribution in [0.15, 0.2) is 36.4 Å². The summed E-state index contributed by atoms with van der Waals surface area (Å²) < 4.78 is 89.2. The van der Waals surface area contributed by atoms with E-state index in [1.807, 2.05) is 0 Å². The van der Waals surface area contributed by atoms with Crippen LogP contribution in [0, 0.1) is 0 Å². The van der Waals surface area contributed by atoms with Gasteiger partial charge in [0.25, 0.3) is 0 Å². The van der Waals surface area contributed by atoms with Crippen LogP contribution in [0.2, 0.25) is 5.02 Å². The van der Waals surface area contributed by atoms with E-state index in [1.165, 1.54) is 0 Å². The van der Waals surface area contributed by atoms with E-state index in [2.05, 4.69) is 4.74 Å². The maximum Gasteiger partial charge on any atom is 0.422 e. The minimum atomic E-state index is -4.77. The summed E-state index contributed by atoms with van der Waals surface area (Å²) in [4.78, 5) is 23.0. The van der Waals surface area contributed by atoms with Crippen LogP contribution >= 0.6 is 11.6 Å². The summed E-state index contributed by atoms with van der Waals surface area (Å²) in [6.45, 7) is -0.828. The molecule has 1 N–H and O–H groups in total. The van der Waals surface area contributed by atoms with Gasteiger partial charge in [0.05, 0.1) is 10.6 Å². The van der Waals surface area contributed by atoms with Crippen LogP contribution in [-0.4, -0.2) is 35.9 Å². The van der Waals surface area contributed by atoms with Gasteiger partial charge in [-0.1, -0.05) is 11.6 Å². The summed E-state index contributed by atoms with van der Waals surface area (Å²) in [6.07, 6.45) is -11.0. The number of carbonyl (C=O) groups excluding carboxylic acids is 1. The Morgan fingerprint density at radius 2 is 1.69 bits per heavy atom. The Morgan fingerprint density at radius 1 is 1.03 bits per heavy atom. The van der Waals surface area contributed by atoms with E-state index >= 15 is 0 Å². The first kappa shape index (κ1) is 25.1. The largest absolute Gasteiger partial charge is 0.478 e. The van der Waals surface area contributed by atoms with Crippen LogP contribution in [0.4, 0.5) is 26.3 Å². The lowest BCUT2D eigenvalue weighted by atomic mass is 10.2. The predicted molar refractivity (Wildman–Crippen MR) is 97.0 cm³/mol. The van der Waals surface area contributed by atoms with Gasteiger partial charge in [-0.05, 0) is 37.3 Å². The zero-order valence-electron chi connectivity index (χ0n) is 15.9. The van der Waals surface area contributed by atoms with E-state index < -0.39 is 58.9 Å². The normalized spacial score (nSPS) is 12.8. The minimum Gasteiger partial charge on any atom is -0.478 e. The predicted octanol–water partition coefficient (Wildman–Crippen LogP) is 5.72. The number of carboxylic acid groups (broad SMARTS) is 1. The number of alkyl halides is 6. The number of halogens is 7. The third-order valence-electron chi connectivity index (χ3n) is 3.68. The summed E-state index contributed by atoms with van der Waals surface area (Å²) in [5.74, 6) is -3.70. The number of esters is 1. The number of benzene rings is 2. The summed E-state index contributed by atoms with van der Waals surface area (Å²) >= 11 is 5.80. The van der Waals surface area contributed by atoms with Crippen LogP contribution in [-0.2, 0) is 15.7 Å². The molecule has 0 aliphatic carbocycles. The highest BCUT2D eigenvalue weighted by Crippen LogP contribution is 2.37. The van der Waals surface area contributed by atoms with Gasteiger partial charge in [-0.25, -0.2) is 9.59 Å². The van der Waals surface area contributed by atoms with Gasteiger partial charge < -0.3 is 19.3 Å². The molecule has 6 nitrogen and oxygen atoms in total. The maximum atomic E-state index is 12.7. The lowest BCUT2D eigenvalue weighted by Gasteiger charge is -2.17. The van der Waals surface area contributed by atoms with E-state index in [9.17, 15) is 41.0 Å². The van der Waals surface area contributed by atoms with Gasteiger partial charge in [-0.2, -0.15) is 26.3 Å². The Hall–Kier alpha value is -3.15. The van der Waals surface area contributed by atoms with Crippen LogP contribution in [0.5, 0.6) is 17.2 Å². The number of hydrogen-bond donors (Lipinski definition) is 1. The van der Waals surface area contributed by atoms with Crippen molar-refractivity contribution in [2.75, 3.05) is 6.61 Å². The third kappa shape index (κ3) is 6.94. The molecule has 0 aliphatic rings. The molecule has 0 aromatic heterocycles. The molecule has 0 fully saturated rings. The van der Waals surface area contributed by atoms with Crippen LogP contribution < -0.4 is 9.47 Å². The van der Waals surface area contributed by atoms with E-state index in [0.717, 1.165) is 31.2 Å². The molecule has 0 saturated carbocycles. The van der Waals surface area contributed by atoms with E-state index in [-0.39, 0.29) is 11.5 Å². The number of aromatic carboxylic acids is 1. The average Bonchev–Trinajstić information content (AvgIpc) is 2.66. The van der Waals surface area contributed by atoms with Crippen molar-refractivity contribution in [2.45, 2.75) is 25.4 Å². The Labute approximate surface area is 181 Å². The molecule has 1 unspecified atom stereocenters. The SMILES string of the molecule is CC(Oc1cc(Oc2ccc(C(F)(F)F)cc2Cl)ccc1C(=O)O)C(=O)OCC(F)(F)F. The molecule has 0 radical (unpaired) electrons. The molecule has 1 atom stereocenters. The molecule has 0 bridgehead atoms. The third-order valence-corrected chi connectivity index (χ3v) is 3.98. The van der Waals surface area contributed by atoms with Crippen molar-refractivity contribution in [1.29, 1.82) is 0 Å². The van der Waals surface area contributed by atoms with Crippen LogP contribution in [0.3, 0.4) is 0 Å². The molecule has 32 heavy (non-hydrogen) atoms.